The first kappa shape index (κ1) is 27.3. The van der Waals surface area contributed by atoms with Gasteiger partial charge in [0.05, 0.1) is 33.5 Å². The fourth-order valence-electron chi connectivity index (χ4n) is 7.14. The molecular weight excluding hydrogens is 603 g/mol. The maximum absolute atomic E-state index is 6.66. The lowest BCUT2D eigenvalue weighted by molar-refractivity contribution is 0.484. The summed E-state index contributed by atoms with van der Waals surface area (Å²) in [5.41, 5.74) is 8.98. The first-order valence-corrected chi connectivity index (χ1v) is 16.3. The number of nitrogens with zero attached hydrogens (tertiary/aromatic N) is 5. The molecule has 0 saturated heterocycles. The molecule has 0 spiro atoms. The van der Waals surface area contributed by atoms with Gasteiger partial charge in [-0.15, -0.1) is 0 Å². The van der Waals surface area contributed by atoms with E-state index in [0.29, 0.717) is 0 Å². The lowest BCUT2D eigenvalue weighted by Gasteiger charge is -2.13. The van der Waals surface area contributed by atoms with E-state index >= 15 is 0 Å². The summed E-state index contributed by atoms with van der Waals surface area (Å²) >= 11 is 0. The van der Waals surface area contributed by atoms with Gasteiger partial charge in [0.1, 0.15) is 23.0 Å². The zero-order chi connectivity index (χ0) is 32.3. The number of ether oxygens (including phenoxy) is 1. The van der Waals surface area contributed by atoms with Crippen LogP contribution in [0.2, 0.25) is 0 Å². The van der Waals surface area contributed by atoms with E-state index < -0.39 is 0 Å². The highest BCUT2D eigenvalue weighted by Crippen LogP contribution is 2.40. The Morgan fingerprint density at radius 2 is 1.14 bits per heavy atom. The Hall–Kier alpha value is -6.79. The van der Waals surface area contributed by atoms with Gasteiger partial charge >= 0.3 is 0 Å². The zero-order valence-corrected chi connectivity index (χ0v) is 26.2. The lowest BCUT2D eigenvalue weighted by Crippen LogP contribution is -1.97. The highest BCUT2D eigenvalue weighted by molar-refractivity contribution is 6.12. The number of benzene rings is 5. The van der Waals surface area contributed by atoms with Crippen LogP contribution in [-0.4, -0.2) is 23.9 Å². The predicted molar refractivity (Wildman–Crippen MR) is 198 cm³/mol. The molecule has 0 saturated carbocycles. The Bertz CT molecular complexity index is 2840. The number of fused-ring (bicyclic) bond motifs is 9. The van der Waals surface area contributed by atoms with Gasteiger partial charge in [-0.2, -0.15) is 0 Å². The summed E-state index contributed by atoms with van der Waals surface area (Å²) in [4.78, 5) is 14.9. The van der Waals surface area contributed by atoms with Gasteiger partial charge in [-0.05, 0) is 60.7 Å². The third-order valence-electron chi connectivity index (χ3n) is 9.25. The van der Waals surface area contributed by atoms with Crippen LogP contribution in [0.1, 0.15) is 0 Å². The van der Waals surface area contributed by atoms with Crippen molar-refractivity contribution in [2.45, 2.75) is 0 Å². The van der Waals surface area contributed by atoms with Crippen LogP contribution in [0.25, 0.3) is 77.6 Å². The molecule has 5 aromatic carbocycles. The first-order valence-electron chi connectivity index (χ1n) is 16.3. The van der Waals surface area contributed by atoms with Gasteiger partial charge in [-0.3, -0.25) is 14.0 Å². The van der Waals surface area contributed by atoms with E-state index in [-0.39, 0.29) is 0 Å². The smallest absolute Gasteiger partial charge is 0.146 e. The van der Waals surface area contributed by atoms with Gasteiger partial charge in [-0.25, -0.2) is 9.97 Å². The average molecular weight is 630 g/mol. The number of para-hydroxylation sites is 1. The summed E-state index contributed by atoms with van der Waals surface area (Å²) in [7, 11) is 0. The number of hydrogen-bond acceptors (Lipinski definition) is 4. The van der Waals surface area contributed by atoms with Crippen molar-refractivity contribution in [2.24, 2.45) is 0 Å². The summed E-state index contributed by atoms with van der Waals surface area (Å²) in [6, 6.07) is 51.9. The Morgan fingerprint density at radius 3 is 1.96 bits per heavy atom. The van der Waals surface area contributed by atoms with Crippen molar-refractivity contribution in [3.63, 3.8) is 0 Å². The topological polar surface area (TPSA) is 57.2 Å². The summed E-state index contributed by atoms with van der Waals surface area (Å²) < 4.78 is 11.1. The number of aromatic nitrogens is 5. The van der Waals surface area contributed by atoms with Gasteiger partial charge in [0.2, 0.25) is 0 Å². The number of pyridine rings is 3. The van der Waals surface area contributed by atoms with Crippen LogP contribution in [0.5, 0.6) is 11.5 Å². The third-order valence-corrected chi connectivity index (χ3v) is 9.25. The van der Waals surface area contributed by atoms with Crippen molar-refractivity contribution in [3.05, 3.63) is 164 Å². The van der Waals surface area contributed by atoms with Crippen LogP contribution >= 0.6 is 0 Å². The molecular formula is C43H27N5O. The van der Waals surface area contributed by atoms with Gasteiger partial charge in [0.15, 0.2) is 0 Å². The second kappa shape index (κ2) is 10.9. The van der Waals surface area contributed by atoms with Crippen LogP contribution in [-0.2, 0) is 0 Å². The van der Waals surface area contributed by atoms with Crippen LogP contribution in [0, 0.1) is 0 Å². The second-order valence-electron chi connectivity index (χ2n) is 12.1. The number of imidazole rings is 1. The molecule has 5 aromatic heterocycles. The average Bonchev–Trinajstić information content (AvgIpc) is 3.73. The van der Waals surface area contributed by atoms with Crippen molar-refractivity contribution < 1.29 is 4.74 Å². The SMILES string of the molecule is c1ccc(-c2nc3c4cc(Oc5ccc6c7ccccc7n(-c7ccccn7)c6c5)ccc4c4ncccc4n3c2-c2ccccc2)cc1. The van der Waals surface area contributed by atoms with Crippen molar-refractivity contribution in [3.8, 4) is 39.8 Å². The Labute approximate surface area is 281 Å². The first-order chi connectivity index (χ1) is 24.3. The minimum atomic E-state index is 0.718. The highest BCUT2D eigenvalue weighted by Gasteiger charge is 2.21. The molecule has 5 heterocycles. The minimum Gasteiger partial charge on any atom is -0.457 e. The molecule has 0 fully saturated rings. The zero-order valence-electron chi connectivity index (χ0n) is 26.2. The van der Waals surface area contributed by atoms with Crippen LogP contribution < -0.4 is 4.74 Å². The molecule has 0 amide bonds. The largest absolute Gasteiger partial charge is 0.457 e. The fraction of sp³-hybridized carbons (Fsp3) is 0. The number of hydrogen-bond donors (Lipinski definition) is 0. The lowest BCUT2D eigenvalue weighted by atomic mass is 10.0. The molecule has 6 heteroatoms. The molecule has 0 N–H and O–H groups in total. The van der Waals surface area contributed by atoms with E-state index in [2.05, 4.69) is 117 Å². The molecule has 0 aliphatic heterocycles. The summed E-state index contributed by atoms with van der Waals surface area (Å²) in [5, 5.41) is 4.30. The Morgan fingerprint density at radius 1 is 0.469 bits per heavy atom. The molecule has 0 atom stereocenters. The van der Waals surface area contributed by atoms with Crippen molar-refractivity contribution in [1.82, 2.24) is 23.9 Å². The quantitative estimate of drug-likeness (QED) is 0.178. The predicted octanol–water partition coefficient (Wildman–Crippen LogP) is 10.7. The summed E-state index contributed by atoms with van der Waals surface area (Å²) in [5.74, 6) is 2.32. The molecule has 10 aromatic rings. The van der Waals surface area contributed by atoms with E-state index in [9.17, 15) is 0 Å². The van der Waals surface area contributed by atoms with E-state index in [1.54, 1.807) is 0 Å². The molecule has 0 radical (unpaired) electrons. The molecule has 230 valence electrons. The molecule has 6 nitrogen and oxygen atoms in total. The van der Waals surface area contributed by atoms with Crippen molar-refractivity contribution >= 4 is 49.3 Å². The normalized spacial score (nSPS) is 11.7. The molecule has 0 unspecified atom stereocenters. The Kier molecular flexibility index (Phi) is 6.08. The third kappa shape index (κ3) is 4.31. The summed E-state index contributed by atoms with van der Waals surface area (Å²) in [6.07, 6.45) is 3.68. The number of rotatable bonds is 5. The highest BCUT2D eigenvalue weighted by atomic mass is 16.5. The van der Waals surface area contributed by atoms with E-state index in [0.717, 1.165) is 83.7 Å². The molecule has 10 rings (SSSR count). The van der Waals surface area contributed by atoms with E-state index in [4.69, 9.17) is 14.7 Å². The van der Waals surface area contributed by atoms with Crippen LogP contribution in [0.4, 0.5) is 0 Å². The molecule has 49 heavy (non-hydrogen) atoms. The monoisotopic (exact) mass is 629 g/mol. The van der Waals surface area contributed by atoms with E-state index in [1.807, 2.05) is 60.9 Å². The van der Waals surface area contributed by atoms with E-state index in [1.165, 1.54) is 5.39 Å². The fourth-order valence-corrected chi connectivity index (χ4v) is 7.14. The molecule has 0 aliphatic rings. The maximum atomic E-state index is 6.66. The summed E-state index contributed by atoms with van der Waals surface area (Å²) in [6.45, 7) is 0. The van der Waals surface area contributed by atoms with Crippen molar-refractivity contribution in [2.75, 3.05) is 0 Å². The molecule has 0 aliphatic carbocycles. The standard InChI is InChI=1S/C43H27N5O/c1-3-12-28(13-4-1)40-42(29-14-5-2-6-15-29)48-37-18-11-25-45-41(37)34-23-21-30(26-35(34)43(48)46-40)49-31-20-22-33-32-16-7-8-17-36(32)47(38(33)27-31)39-19-9-10-24-44-39/h1-27H. The Balaban J connectivity index is 1.19. The second-order valence-corrected chi connectivity index (χ2v) is 12.1. The van der Waals surface area contributed by atoms with Crippen LogP contribution in [0.15, 0.2) is 164 Å². The van der Waals surface area contributed by atoms with Crippen LogP contribution in [0.3, 0.4) is 0 Å². The van der Waals surface area contributed by atoms with Gasteiger partial charge < -0.3 is 4.74 Å². The maximum Gasteiger partial charge on any atom is 0.146 e. The molecule has 0 bridgehead atoms. The van der Waals surface area contributed by atoms with Gasteiger partial charge in [0, 0.05) is 51.1 Å². The van der Waals surface area contributed by atoms with Gasteiger partial charge in [-0.1, -0.05) is 84.9 Å². The minimum absolute atomic E-state index is 0.718. The van der Waals surface area contributed by atoms with Crippen molar-refractivity contribution in [1.29, 1.82) is 0 Å². The van der Waals surface area contributed by atoms with Gasteiger partial charge in [0.25, 0.3) is 0 Å².